The van der Waals surface area contributed by atoms with Crippen LogP contribution in [0.3, 0.4) is 0 Å². The average molecular weight is 353 g/mol. The fourth-order valence-corrected chi connectivity index (χ4v) is 3.87. The molecule has 1 fully saturated rings. The first kappa shape index (κ1) is 18.4. The van der Waals surface area contributed by atoms with Crippen LogP contribution in [0.1, 0.15) is 43.5 Å². The van der Waals surface area contributed by atoms with Gasteiger partial charge in [0.05, 0.1) is 4.90 Å². The lowest BCUT2D eigenvalue weighted by molar-refractivity contribution is -0.125. The van der Waals surface area contributed by atoms with E-state index in [4.69, 9.17) is 0 Å². The van der Waals surface area contributed by atoms with E-state index in [1.54, 1.807) is 6.92 Å². The minimum absolute atomic E-state index is 0.171. The van der Waals surface area contributed by atoms with Gasteiger partial charge in [-0.25, -0.2) is 8.42 Å². The summed E-state index contributed by atoms with van der Waals surface area (Å²) in [4.78, 5) is 23.8. The molecule has 0 aliphatic carbocycles. The van der Waals surface area contributed by atoms with Crippen molar-refractivity contribution in [3.8, 4) is 0 Å². The first-order chi connectivity index (χ1) is 11.4. The van der Waals surface area contributed by atoms with Crippen LogP contribution >= 0.6 is 0 Å². The molecule has 132 valence electrons. The van der Waals surface area contributed by atoms with E-state index in [1.165, 1.54) is 28.6 Å². The first-order valence-electron chi connectivity index (χ1n) is 8.06. The molecule has 0 aromatic heterocycles. The van der Waals surface area contributed by atoms with Crippen LogP contribution in [-0.4, -0.2) is 37.6 Å². The molecule has 8 heteroatoms. The number of carbonyl (C=O) groups excluding carboxylic acids is 2. The number of nitrogens with zero attached hydrogens (tertiary/aromatic N) is 1. The summed E-state index contributed by atoms with van der Waals surface area (Å²) in [6.45, 7) is 4.71. The standard InChI is InChI=1S/C16H23N3O4S/c1-3-12(2)15(20)17-18-16(21)13-6-8-14(9-7-13)24(22,23)19-10-4-5-11-19/h6-9,12H,3-5,10-11H2,1-2H3,(H,17,20)(H,18,21). The number of hydrogen-bond acceptors (Lipinski definition) is 4. The summed E-state index contributed by atoms with van der Waals surface area (Å²) in [5.74, 6) is -0.950. The largest absolute Gasteiger partial charge is 0.273 e. The van der Waals surface area contributed by atoms with Gasteiger partial charge in [0.2, 0.25) is 15.9 Å². The summed E-state index contributed by atoms with van der Waals surface area (Å²) in [6, 6.07) is 5.71. The predicted molar refractivity (Wildman–Crippen MR) is 89.5 cm³/mol. The second kappa shape index (κ2) is 7.76. The molecule has 1 atom stereocenters. The Morgan fingerprint density at radius 1 is 1.12 bits per heavy atom. The number of rotatable bonds is 5. The Balaban J connectivity index is 2.01. The highest BCUT2D eigenvalue weighted by molar-refractivity contribution is 7.89. The summed E-state index contributed by atoms with van der Waals surface area (Å²) >= 11 is 0. The third-order valence-electron chi connectivity index (χ3n) is 4.18. The highest BCUT2D eigenvalue weighted by Crippen LogP contribution is 2.21. The van der Waals surface area contributed by atoms with Crippen molar-refractivity contribution in [2.75, 3.05) is 13.1 Å². The van der Waals surface area contributed by atoms with Gasteiger partial charge in [0.25, 0.3) is 5.91 Å². The van der Waals surface area contributed by atoms with Gasteiger partial charge in [-0.15, -0.1) is 0 Å². The van der Waals surface area contributed by atoms with Crippen LogP contribution in [-0.2, 0) is 14.8 Å². The average Bonchev–Trinajstić information content (AvgIpc) is 3.14. The number of hydrogen-bond donors (Lipinski definition) is 2. The number of nitrogens with one attached hydrogen (secondary N) is 2. The molecule has 2 rings (SSSR count). The summed E-state index contributed by atoms with van der Waals surface area (Å²) in [7, 11) is -3.49. The second-order valence-corrected chi connectivity index (χ2v) is 7.83. The van der Waals surface area contributed by atoms with E-state index in [1.807, 2.05) is 6.92 Å². The molecule has 1 aromatic carbocycles. The zero-order valence-corrected chi connectivity index (χ0v) is 14.7. The van der Waals surface area contributed by atoms with Crippen LogP contribution in [0.25, 0.3) is 0 Å². The van der Waals surface area contributed by atoms with Gasteiger partial charge in [0, 0.05) is 24.6 Å². The maximum atomic E-state index is 12.4. The van der Waals surface area contributed by atoms with E-state index in [-0.39, 0.29) is 22.3 Å². The van der Waals surface area contributed by atoms with Gasteiger partial charge in [-0.3, -0.25) is 20.4 Å². The maximum Gasteiger partial charge on any atom is 0.269 e. The predicted octanol–water partition coefficient (Wildman–Crippen LogP) is 1.28. The van der Waals surface area contributed by atoms with E-state index in [9.17, 15) is 18.0 Å². The van der Waals surface area contributed by atoms with Crippen molar-refractivity contribution in [2.24, 2.45) is 5.92 Å². The van der Waals surface area contributed by atoms with Crippen LogP contribution in [0.15, 0.2) is 29.2 Å². The Morgan fingerprint density at radius 3 is 2.25 bits per heavy atom. The smallest absolute Gasteiger partial charge is 0.269 e. The number of hydrazine groups is 1. The third-order valence-corrected chi connectivity index (χ3v) is 6.09. The Hall–Kier alpha value is -1.93. The summed E-state index contributed by atoms with van der Waals surface area (Å²) < 4.78 is 26.3. The molecule has 1 heterocycles. The van der Waals surface area contributed by atoms with Crippen LogP contribution in [0.2, 0.25) is 0 Å². The van der Waals surface area contributed by atoms with Gasteiger partial charge < -0.3 is 0 Å². The zero-order chi connectivity index (χ0) is 17.7. The summed E-state index contributed by atoms with van der Waals surface area (Å²) in [5, 5.41) is 0. The van der Waals surface area contributed by atoms with E-state index < -0.39 is 15.9 Å². The molecule has 7 nitrogen and oxygen atoms in total. The summed E-state index contributed by atoms with van der Waals surface area (Å²) in [6.07, 6.45) is 2.41. The van der Waals surface area contributed by atoms with Gasteiger partial charge in [0.15, 0.2) is 0 Å². The van der Waals surface area contributed by atoms with E-state index >= 15 is 0 Å². The van der Waals surface area contributed by atoms with Crippen molar-refractivity contribution >= 4 is 21.8 Å². The monoisotopic (exact) mass is 353 g/mol. The van der Waals surface area contributed by atoms with E-state index in [0.29, 0.717) is 19.5 Å². The highest BCUT2D eigenvalue weighted by Gasteiger charge is 2.27. The molecule has 1 saturated heterocycles. The molecule has 2 N–H and O–H groups in total. The molecule has 2 amide bonds. The third kappa shape index (κ3) is 4.12. The lowest BCUT2D eigenvalue weighted by Crippen LogP contribution is -2.43. The van der Waals surface area contributed by atoms with Crippen molar-refractivity contribution in [3.05, 3.63) is 29.8 Å². The minimum atomic E-state index is -3.49. The molecule has 0 spiro atoms. The normalized spacial score (nSPS) is 16.6. The number of benzene rings is 1. The quantitative estimate of drug-likeness (QED) is 0.780. The lowest BCUT2D eigenvalue weighted by atomic mass is 10.1. The maximum absolute atomic E-state index is 12.4. The number of carbonyl (C=O) groups is 2. The van der Waals surface area contributed by atoms with E-state index in [0.717, 1.165) is 12.8 Å². The molecule has 0 bridgehead atoms. The molecule has 0 saturated carbocycles. The Kier molecular flexibility index (Phi) is 5.95. The number of sulfonamides is 1. The second-order valence-electron chi connectivity index (χ2n) is 5.89. The van der Waals surface area contributed by atoms with Crippen molar-refractivity contribution in [1.29, 1.82) is 0 Å². The summed E-state index contributed by atoms with van der Waals surface area (Å²) in [5.41, 5.74) is 4.96. The van der Waals surface area contributed by atoms with Crippen LogP contribution in [0, 0.1) is 5.92 Å². The Labute approximate surface area is 142 Å². The zero-order valence-electron chi connectivity index (χ0n) is 13.9. The molecule has 24 heavy (non-hydrogen) atoms. The Bertz CT molecular complexity index is 695. The lowest BCUT2D eigenvalue weighted by Gasteiger charge is -2.15. The van der Waals surface area contributed by atoms with Gasteiger partial charge in [-0.1, -0.05) is 13.8 Å². The minimum Gasteiger partial charge on any atom is -0.273 e. The van der Waals surface area contributed by atoms with Crippen LogP contribution in [0.5, 0.6) is 0 Å². The highest BCUT2D eigenvalue weighted by atomic mass is 32.2. The van der Waals surface area contributed by atoms with Crippen molar-refractivity contribution in [1.82, 2.24) is 15.2 Å². The van der Waals surface area contributed by atoms with Gasteiger partial charge >= 0.3 is 0 Å². The van der Waals surface area contributed by atoms with Crippen LogP contribution in [0.4, 0.5) is 0 Å². The van der Waals surface area contributed by atoms with E-state index in [2.05, 4.69) is 10.9 Å². The molecule has 1 aromatic rings. The van der Waals surface area contributed by atoms with Crippen LogP contribution < -0.4 is 10.9 Å². The molecule has 1 aliphatic rings. The van der Waals surface area contributed by atoms with Crippen molar-refractivity contribution in [2.45, 2.75) is 38.0 Å². The number of amides is 2. The molecule has 0 radical (unpaired) electrons. The SMILES string of the molecule is CCC(C)C(=O)NNC(=O)c1ccc(S(=O)(=O)N2CCCC2)cc1. The first-order valence-corrected chi connectivity index (χ1v) is 9.50. The fourth-order valence-electron chi connectivity index (χ4n) is 2.35. The topological polar surface area (TPSA) is 95.6 Å². The molecule has 1 aliphatic heterocycles. The molecular weight excluding hydrogens is 330 g/mol. The van der Waals surface area contributed by atoms with Gasteiger partial charge in [-0.05, 0) is 43.5 Å². The van der Waals surface area contributed by atoms with Crippen molar-refractivity contribution in [3.63, 3.8) is 0 Å². The van der Waals surface area contributed by atoms with Gasteiger partial charge in [0.1, 0.15) is 0 Å². The van der Waals surface area contributed by atoms with Gasteiger partial charge in [-0.2, -0.15) is 4.31 Å². The molecular formula is C16H23N3O4S. The molecule has 1 unspecified atom stereocenters. The van der Waals surface area contributed by atoms with Crippen molar-refractivity contribution < 1.29 is 18.0 Å². The Morgan fingerprint density at radius 2 is 1.71 bits per heavy atom. The fraction of sp³-hybridized carbons (Fsp3) is 0.500.